The molecule has 0 aliphatic rings. The maximum Gasteiger partial charge on any atom is 0.212 e. The summed E-state index contributed by atoms with van der Waals surface area (Å²) in [6, 6.07) is 7.45. The summed E-state index contributed by atoms with van der Waals surface area (Å²) in [5.74, 6) is 0. The van der Waals surface area contributed by atoms with E-state index in [2.05, 4.69) is 5.32 Å². The monoisotopic (exact) mass is 225 g/mol. The van der Waals surface area contributed by atoms with Crippen LogP contribution in [0, 0.1) is 0 Å². The highest BCUT2D eigenvalue weighted by Gasteiger charge is 2.08. The summed E-state index contributed by atoms with van der Waals surface area (Å²) in [5, 5.41) is 3.54. The summed E-state index contributed by atoms with van der Waals surface area (Å²) in [6.07, 6.45) is 0. The molecule has 0 radical (unpaired) electrons. The van der Waals surface area contributed by atoms with Crippen molar-refractivity contribution in [3.63, 3.8) is 0 Å². The molecule has 0 unspecified atom stereocenters. The van der Waals surface area contributed by atoms with Gasteiger partial charge in [0.1, 0.15) is 10.0 Å². The van der Waals surface area contributed by atoms with E-state index in [1.54, 1.807) is 7.05 Å². The molecule has 72 valence electrons. The van der Waals surface area contributed by atoms with E-state index in [9.17, 15) is 4.79 Å². The molecule has 1 N–H and O–H groups in total. The standard InChI is InChI=1S/C10H8ClNOS/c1-12-8-9(13)6-4-2-3-5-7(6)14-10(8)11/h2-5,12H,1H3. The SMILES string of the molecule is CNc1c(Cl)sc2ccccc2c1=O. The summed E-state index contributed by atoms with van der Waals surface area (Å²) in [6.45, 7) is 0. The minimum Gasteiger partial charge on any atom is -0.383 e. The lowest BCUT2D eigenvalue weighted by molar-refractivity contribution is 1.51. The van der Waals surface area contributed by atoms with Crippen LogP contribution in [-0.4, -0.2) is 7.05 Å². The van der Waals surface area contributed by atoms with Gasteiger partial charge < -0.3 is 5.32 Å². The molecule has 1 aromatic carbocycles. The molecule has 0 saturated carbocycles. The molecule has 0 saturated heterocycles. The second-order valence-electron chi connectivity index (χ2n) is 2.83. The van der Waals surface area contributed by atoms with E-state index in [0.717, 1.165) is 4.70 Å². The van der Waals surface area contributed by atoms with Crippen molar-refractivity contribution in [3.05, 3.63) is 38.8 Å². The number of rotatable bonds is 1. The van der Waals surface area contributed by atoms with Gasteiger partial charge in [0, 0.05) is 17.1 Å². The molecule has 2 nitrogen and oxygen atoms in total. The second kappa shape index (κ2) is 3.59. The molecule has 0 spiro atoms. The molecular formula is C10H8ClNOS. The Morgan fingerprint density at radius 1 is 1.36 bits per heavy atom. The van der Waals surface area contributed by atoms with Gasteiger partial charge in [-0.1, -0.05) is 23.7 Å². The first-order chi connectivity index (χ1) is 6.74. The van der Waals surface area contributed by atoms with E-state index in [1.807, 2.05) is 24.3 Å². The summed E-state index contributed by atoms with van der Waals surface area (Å²) >= 11 is 7.37. The zero-order valence-electron chi connectivity index (χ0n) is 7.50. The van der Waals surface area contributed by atoms with E-state index < -0.39 is 0 Å². The third-order valence-electron chi connectivity index (χ3n) is 2.00. The first-order valence-corrected chi connectivity index (χ1v) is 5.32. The third-order valence-corrected chi connectivity index (χ3v) is 3.38. The Morgan fingerprint density at radius 3 is 2.79 bits per heavy atom. The van der Waals surface area contributed by atoms with Crippen LogP contribution in [0.3, 0.4) is 0 Å². The Hall–Kier alpha value is -1.06. The molecule has 1 aromatic heterocycles. The van der Waals surface area contributed by atoms with Gasteiger partial charge in [-0.15, -0.1) is 11.3 Å². The maximum atomic E-state index is 11.8. The number of benzene rings is 1. The molecule has 0 aliphatic heterocycles. The van der Waals surface area contributed by atoms with Crippen LogP contribution >= 0.6 is 22.9 Å². The highest BCUT2D eigenvalue weighted by molar-refractivity contribution is 7.22. The van der Waals surface area contributed by atoms with E-state index in [-0.39, 0.29) is 5.43 Å². The molecule has 1 heterocycles. The van der Waals surface area contributed by atoms with Gasteiger partial charge in [-0.3, -0.25) is 4.79 Å². The quantitative estimate of drug-likeness (QED) is 0.809. The van der Waals surface area contributed by atoms with Crippen molar-refractivity contribution < 1.29 is 0 Å². The lowest BCUT2D eigenvalue weighted by Gasteiger charge is -2.03. The highest BCUT2D eigenvalue weighted by Crippen LogP contribution is 2.28. The molecule has 0 fully saturated rings. The minimum absolute atomic E-state index is 0.0353. The minimum atomic E-state index is -0.0353. The number of hydrogen-bond donors (Lipinski definition) is 1. The fourth-order valence-corrected chi connectivity index (χ4v) is 2.66. The molecule has 2 aromatic rings. The number of anilines is 1. The van der Waals surface area contributed by atoms with Gasteiger partial charge in [0.2, 0.25) is 5.43 Å². The summed E-state index contributed by atoms with van der Waals surface area (Å²) in [7, 11) is 1.70. The smallest absolute Gasteiger partial charge is 0.212 e. The Bertz CT molecular complexity index is 535. The van der Waals surface area contributed by atoms with Crippen LogP contribution in [0.2, 0.25) is 4.34 Å². The second-order valence-corrected chi connectivity index (χ2v) is 4.48. The van der Waals surface area contributed by atoms with Crippen LogP contribution in [0.4, 0.5) is 5.69 Å². The molecule has 14 heavy (non-hydrogen) atoms. The predicted molar refractivity (Wildman–Crippen MR) is 62.7 cm³/mol. The van der Waals surface area contributed by atoms with E-state index >= 15 is 0 Å². The number of fused-ring (bicyclic) bond motifs is 1. The van der Waals surface area contributed by atoms with Crippen LogP contribution in [0.1, 0.15) is 0 Å². The molecule has 0 amide bonds. The van der Waals surface area contributed by atoms with Gasteiger partial charge in [0.05, 0.1) is 0 Å². The molecule has 4 heteroatoms. The average molecular weight is 226 g/mol. The molecule has 0 aliphatic carbocycles. The number of nitrogens with one attached hydrogen (secondary N) is 1. The Morgan fingerprint density at radius 2 is 2.07 bits per heavy atom. The number of hydrogen-bond acceptors (Lipinski definition) is 3. The van der Waals surface area contributed by atoms with E-state index in [1.165, 1.54) is 11.3 Å². The van der Waals surface area contributed by atoms with Gasteiger partial charge in [-0.05, 0) is 12.1 Å². The van der Waals surface area contributed by atoms with Crippen molar-refractivity contribution in [2.24, 2.45) is 0 Å². The fourth-order valence-electron chi connectivity index (χ4n) is 1.33. The Kier molecular flexibility index (Phi) is 2.44. The highest BCUT2D eigenvalue weighted by atomic mass is 35.5. The first-order valence-electron chi connectivity index (χ1n) is 4.13. The normalized spacial score (nSPS) is 10.4. The molecule has 2 rings (SSSR count). The van der Waals surface area contributed by atoms with Crippen molar-refractivity contribution >= 4 is 38.7 Å². The Balaban J connectivity index is 2.93. The van der Waals surface area contributed by atoms with Gasteiger partial charge in [-0.2, -0.15) is 0 Å². The zero-order valence-corrected chi connectivity index (χ0v) is 9.08. The van der Waals surface area contributed by atoms with Crippen molar-refractivity contribution in [1.82, 2.24) is 0 Å². The first kappa shape index (κ1) is 9.49. The fraction of sp³-hybridized carbons (Fsp3) is 0.100. The van der Waals surface area contributed by atoms with Gasteiger partial charge >= 0.3 is 0 Å². The zero-order chi connectivity index (χ0) is 10.1. The largest absolute Gasteiger partial charge is 0.383 e. The lowest BCUT2D eigenvalue weighted by Crippen LogP contribution is -2.07. The van der Waals surface area contributed by atoms with Crippen molar-refractivity contribution in [1.29, 1.82) is 0 Å². The summed E-state index contributed by atoms with van der Waals surface area (Å²) in [5.41, 5.74) is 0.446. The van der Waals surface area contributed by atoms with Crippen molar-refractivity contribution in [2.75, 3.05) is 12.4 Å². The average Bonchev–Trinajstić information content (AvgIpc) is 2.18. The predicted octanol–water partition coefficient (Wildman–Crippen LogP) is 2.96. The topological polar surface area (TPSA) is 29.1 Å². The maximum absolute atomic E-state index is 11.8. The van der Waals surface area contributed by atoms with Crippen molar-refractivity contribution in [2.45, 2.75) is 0 Å². The van der Waals surface area contributed by atoms with Crippen LogP contribution in [0.25, 0.3) is 10.1 Å². The lowest BCUT2D eigenvalue weighted by atomic mass is 10.2. The van der Waals surface area contributed by atoms with Crippen LogP contribution < -0.4 is 10.7 Å². The Labute approximate surface area is 90.1 Å². The van der Waals surface area contributed by atoms with E-state index in [0.29, 0.717) is 15.4 Å². The van der Waals surface area contributed by atoms with Gasteiger partial charge in [0.25, 0.3) is 0 Å². The van der Waals surface area contributed by atoms with Crippen LogP contribution in [0.15, 0.2) is 29.1 Å². The summed E-state index contributed by atoms with van der Waals surface area (Å²) < 4.78 is 1.43. The van der Waals surface area contributed by atoms with Crippen molar-refractivity contribution in [3.8, 4) is 0 Å². The molecular weight excluding hydrogens is 218 g/mol. The van der Waals surface area contributed by atoms with Crippen LogP contribution in [0.5, 0.6) is 0 Å². The third kappa shape index (κ3) is 1.38. The summed E-state index contributed by atoms with van der Waals surface area (Å²) in [4.78, 5) is 11.8. The van der Waals surface area contributed by atoms with Gasteiger partial charge in [-0.25, -0.2) is 0 Å². The molecule has 0 bridgehead atoms. The van der Waals surface area contributed by atoms with Crippen LogP contribution in [-0.2, 0) is 0 Å². The molecule has 0 atom stereocenters. The van der Waals surface area contributed by atoms with Gasteiger partial charge in [0.15, 0.2) is 0 Å². The van der Waals surface area contributed by atoms with E-state index in [4.69, 9.17) is 11.6 Å². The number of halogens is 1.